The highest BCUT2D eigenvalue weighted by Crippen LogP contribution is 2.39. The molecule has 35 heavy (non-hydrogen) atoms. The molecule has 18 heteroatoms. The summed E-state index contributed by atoms with van der Waals surface area (Å²) >= 11 is 0. The van der Waals surface area contributed by atoms with Gasteiger partial charge >= 0.3 is 24.3 Å². The number of methoxy groups -OCH3 is 1. The number of hydrogen-bond acceptors (Lipinski definition) is 9. The van der Waals surface area contributed by atoms with E-state index < -0.39 is 79.1 Å². The van der Waals surface area contributed by atoms with Gasteiger partial charge < -0.3 is 21.3 Å². The molecule has 5 N–H and O–H groups in total. The highest BCUT2D eigenvalue weighted by molar-refractivity contribution is 5.96. The smallest absolute Gasteiger partial charge is 0.423 e. The zero-order valence-corrected chi connectivity index (χ0v) is 16.9. The Morgan fingerprint density at radius 2 is 1.17 bits per heavy atom. The van der Waals surface area contributed by atoms with E-state index in [1.165, 1.54) is 0 Å². The second-order valence-electron chi connectivity index (χ2n) is 6.22. The number of carbonyl (C=O) groups excluding carboxylic acids is 1. The summed E-state index contributed by atoms with van der Waals surface area (Å²) in [5, 5.41) is 29.6. The third kappa shape index (κ3) is 6.68. The number of nitrogens with zero attached hydrogens (tertiary/aromatic N) is 2. The summed E-state index contributed by atoms with van der Waals surface area (Å²) in [6.07, 6.45) is -9.92. The lowest BCUT2D eigenvalue weighted by molar-refractivity contribution is -0.388. The molecular formula is C17H12F6N4O8. The molecule has 0 heterocycles. The zero-order chi connectivity index (χ0) is 27.5. The van der Waals surface area contributed by atoms with Crippen molar-refractivity contribution >= 4 is 34.7 Å². The number of nitro benzene ring substituents is 2. The normalized spacial score (nSPS) is 11.2. The molecule has 12 nitrogen and oxygen atoms in total. The number of esters is 1. The van der Waals surface area contributed by atoms with E-state index in [1.54, 1.807) is 0 Å². The van der Waals surface area contributed by atoms with Gasteiger partial charge in [-0.15, -0.1) is 0 Å². The standard InChI is InChI=1S/C9H7F3N2O4.C8H5F3N2O4/c1-18-8(15)4-2-7(14(16)17)5(3-6(4)13)9(10,11)12;9-8(10,11)4-2-5(12)3(7(14)15)1-6(4)13(16)17/h2-3H,13H2,1H3;1-2H,12H2,(H,14,15). The van der Waals surface area contributed by atoms with Crippen LogP contribution < -0.4 is 11.5 Å². The maximum Gasteiger partial charge on any atom is 0.423 e. The van der Waals surface area contributed by atoms with Crippen molar-refractivity contribution < 1.29 is 55.6 Å². The minimum absolute atomic E-state index is 0.238. The molecule has 0 unspecified atom stereocenters. The Morgan fingerprint density at radius 1 is 0.829 bits per heavy atom. The summed E-state index contributed by atoms with van der Waals surface area (Å²) in [5.74, 6) is -2.69. The highest BCUT2D eigenvalue weighted by atomic mass is 19.4. The SMILES string of the molecule is COC(=O)c1cc([N+](=O)[O-])c(C(F)(F)F)cc1N.Nc1cc(C(F)(F)F)c([N+](=O)[O-])cc1C(=O)O. The monoisotopic (exact) mass is 514 g/mol. The Morgan fingerprint density at radius 3 is 1.46 bits per heavy atom. The summed E-state index contributed by atoms with van der Waals surface area (Å²) in [6, 6.07) is 1.32. The predicted octanol–water partition coefficient (Wildman–Crippen LogP) is 3.88. The van der Waals surface area contributed by atoms with Crippen molar-refractivity contribution in [3.05, 3.63) is 66.7 Å². The van der Waals surface area contributed by atoms with Gasteiger partial charge in [0.25, 0.3) is 11.4 Å². The number of ether oxygens (including phenoxy) is 1. The van der Waals surface area contributed by atoms with Crippen LogP contribution in [0.2, 0.25) is 0 Å². The maximum atomic E-state index is 12.5. The molecule has 2 rings (SSSR count). The lowest BCUT2D eigenvalue weighted by Gasteiger charge is -2.10. The van der Waals surface area contributed by atoms with E-state index in [0.717, 1.165) is 7.11 Å². The minimum atomic E-state index is -4.98. The van der Waals surface area contributed by atoms with Crippen molar-refractivity contribution in [2.75, 3.05) is 18.6 Å². The first-order chi connectivity index (χ1) is 15.8. The number of nitrogen functional groups attached to an aromatic ring is 2. The van der Waals surface area contributed by atoms with E-state index in [4.69, 9.17) is 16.6 Å². The number of anilines is 2. The van der Waals surface area contributed by atoms with Gasteiger partial charge in [-0.05, 0) is 12.1 Å². The van der Waals surface area contributed by atoms with E-state index >= 15 is 0 Å². The zero-order valence-electron chi connectivity index (χ0n) is 16.9. The second-order valence-corrected chi connectivity index (χ2v) is 6.22. The molecule has 0 radical (unpaired) electrons. The Kier molecular flexibility index (Phi) is 8.19. The highest BCUT2D eigenvalue weighted by Gasteiger charge is 2.40. The molecule has 190 valence electrons. The molecule has 0 fully saturated rings. The number of aromatic carboxylic acids is 1. The molecule has 2 aromatic carbocycles. The first-order valence-corrected chi connectivity index (χ1v) is 8.44. The quantitative estimate of drug-likeness (QED) is 0.177. The molecule has 2 aromatic rings. The van der Waals surface area contributed by atoms with Crippen LogP contribution >= 0.6 is 0 Å². The van der Waals surface area contributed by atoms with Crippen LogP contribution in [0.5, 0.6) is 0 Å². The molecule has 0 aromatic heterocycles. The number of nitro groups is 2. The Balaban J connectivity index is 0.000000351. The van der Waals surface area contributed by atoms with Crippen LogP contribution in [0.4, 0.5) is 49.1 Å². The maximum absolute atomic E-state index is 12.5. The van der Waals surface area contributed by atoms with Gasteiger partial charge in [0.05, 0.1) is 28.1 Å². The fraction of sp³-hybridized carbons (Fsp3) is 0.176. The van der Waals surface area contributed by atoms with Crippen molar-refractivity contribution in [2.45, 2.75) is 12.4 Å². The molecule has 0 atom stereocenters. The van der Waals surface area contributed by atoms with Crippen LogP contribution in [0, 0.1) is 20.2 Å². The number of nitrogens with two attached hydrogens (primary N) is 2. The molecule has 0 aliphatic heterocycles. The molecule has 0 amide bonds. The lowest BCUT2D eigenvalue weighted by atomic mass is 10.1. The number of carboxylic acid groups (broad SMARTS) is 1. The Bertz CT molecular complexity index is 1200. The van der Waals surface area contributed by atoms with E-state index in [-0.39, 0.29) is 6.07 Å². The van der Waals surface area contributed by atoms with Crippen molar-refractivity contribution in [1.82, 2.24) is 0 Å². The molecule has 0 saturated carbocycles. The predicted molar refractivity (Wildman–Crippen MR) is 103 cm³/mol. The topological polar surface area (TPSA) is 202 Å². The molecule has 0 spiro atoms. The van der Waals surface area contributed by atoms with Crippen molar-refractivity contribution in [1.29, 1.82) is 0 Å². The van der Waals surface area contributed by atoms with Gasteiger partial charge in [-0.25, -0.2) is 9.59 Å². The fourth-order valence-corrected chi connectivity index (χ4v) is 2.44. The summed E-state index contributed by atoms with van der Waals surface area (Å²) in [4.78, 5) is 40.2. The van der Waals surface area contributed by atoms with Crippen LogP contribution in [0.15, 0.2) is 24.3 Å². The molecule has 0 bridgehead atoms. The van der Waals surface area contributed by atoms with Crippen molar-refractivity contribution in [3.63, 3.8) is 0 Å². The second kappa shape index (κ2) is 10.1. The van der Waals surface area contributed by atoms with Gasteiger partial charge in [-0.2, -0.15) is 26.3 Å². The van der Waals surface area contributed by atoms with Crippen LogP contribution in [0.3, 0.4) is 0 Å². The number of carbonyl (C=O) groups is 2. The molecule has 0 aliphatic rings. The number of rotatable bonds is 4. The average molecular weight is 514 g/mol. The van der Waals surface area contributed by atoms with Gasteiger partial charge in [0, 0.05) is 23.5 Å². The Hall–Kier alpha value is -4.64. The average Bonchev–Trinajstić information content (AvgIpc) is 2.71. The number of benzene rings is 2. The summed E-state index contributed by atoms with van der Waals surface area (Å²) in [7, 11) is 0.977. The fourth-order valence-electron chi connectivity index (χ4n) is 2.44. The van der Waals surface area contributed by atoms with Crippen LogP contribution in [-0.4, -0.2) is 34.0 Å². The van der Waals surface area contributed by atoms with Gasteiger partial charge in [-0.1, -0.05) is 0 Å². The Labute approximate surface area is 189 Å². The van der Waals surface area contributed by atoms with E-state index in [2.05, 4.69) is 4.74 Å². The first kappa shape index (κ1) is 28.4. The van der Waals surface area contributed by atoms with Gasteiger partial charge in [-0.3, -0.25) is 20.2 Å². The third-order valence-electron chi connectivity index (χ3n) is 3.98. The van der Waals surface area contributed by atoms with Crippen LogP contribution in [-0.2, 0) is 17.1 Å². The summed E-state index contributed by atoms with van der Waals surface area (Å²) in [6.45, 7) is 0. The minimum Gasteiger partial charge on any atom is -0.478 e. The van der Waals surface area contributed by atoms with E-state index in [0.29, 0.717) is 18.2 Å². The lowest BCUT2D eigenvalue weighted by Crippen LogP contribution is -2.13. The van der Waals surface area contributed by atoms with Gasteiger partial charge in [0.15, 0.2) is 0 Å². The third-order valence-corrected chi connectivity index (χ3v) is 3.98. The largest absolute Gasteiger partial charge is 0.478 e. The number of alkyl halides is 6. The van der Waals surface area contributed by atoms with Crippen LogP contribution in [0.1, 0.15) is 31.8 Å². The van der Waals surface area contributed by atoms with Gasteiger partial charge in [0.2, 0.25) is 0 Å². The molecule has 0 aliphatic carbocycles. The van der Waals surface area contributed by atoms with Gasteiger partial charge in [0.1, 0.15) is 11.1 Å². The first-order valence-electron chi connectivity index (χ1n) is 8.44. The number of hydrogen-bond donors (Lipinski definition) is 3. The molecule has 0 saturated heterocycles. The van der Waals surface area contributed by atoms with Crippen molar-refractivity contribution in [2.24, 2.45) is 0 Å². The van der Waals surface area contributed by atoms with Crippen molar-refractivity contribution in [3.8, 4) is 0 Å². The number of carboxylic acids is 1. The summed E-state index contributed by atoms with van der Waals surface area (Å²) < 4.78 is 79.1. The van der Waals surface area contributed by atoms with E-state index in [1.807, 2.05) is 0 Å². The summed E-state index contributed by atoms with van der Waals surface area (Å²) in [5.41, 5.74) is 2.17. The van der Waals surface area contributed by atoms with Crippen LogP contribution in [0.25, 0.3) is 0 Å². The number of halogens is 6. The van der Waals surface area contributed by atoms with E-state index in [9.17, 15) is 56.2 Å². The molecular weight excluding hydrogens is 502 g/mol.